The molecular weight excluding hydrogens is 442 g/mol. The van der Waals surface area contributed by atoms with E-state index in [1.165, 1.54) is 0 Å². The topological polar surface area (TPSA) is 91.6 Å². The minimum absolute atomic E-state index is 0.00339. The first-order valence-electron chi connectivity index (χ1n) is 12.9. The lowest BCUT2D eigenvalue weighted by Gasteiger charge is -2.52. The molecule has 188 valence electrons. The van der Waals surface area contributed by atoms with Gasteiger partial charge in [-0.3, -0.25) is 14.4 Å². The summed E-state index contributed by atoms with van der Waals surface area (Å²) in [6.45, 7) is 7.24. The third kappa shape index (κ3) is 4.92. The van der Waals surface area contributed by atoms with Crippen molar-refractivity contribution in [3.63, 3.8) is 0 Å². The molecule has 2 heterocycles. The second kappa shape index (κ2) is 10.4. The van der Waals surface area contributed by atoms with Crippen LogP contribution in [0, 0.1) is 11.8 Å². The van der Waals surface area contributed by atoms with E-state index in [1.54, 1.807) is 28.8 Å². The van der Waals surface area contributed by atoms with Crippen LogP contribution in [0.1, 0.15) is 79.2 Å². The van der Waals surface area contributed by atoms with Gasteiger partial charge in [0.25, 0.3) is 11.8 Å². The van der Waals surface area contributed by atoms with Gasteiger partial charge in [0.2, 0.25) is 5.43 Å². The zero-order valence-electron chi connectivity index (χ0n) is 21.0. The molecule has 1 aliphatic carbocycles. The SMILES string of the molecule is CCNC(=O)c1cn(CC(C)C)cc(C(=O)N2CC[C@](O)(c3ccccc3)[C@@H]3CCCC[C@@H]32)c1=O. The number of benzene rings is 1. The third-order valence-corrected chi connectivity index (χ3v) is 7.48. The van der Waals surface area contributed by atoms with Crippen LogP contribution >= 0.6 is 0 Å². The Morgan fingerprint density at radius 2 is 1.80 bits per heavy atom. The molecular formula is C28H37N3O4. The van der Waals surface area contributed by atoms with Gasteiger partial charge in [0, 0.05) is 44.0 Å². The molecule has 0 unspecified atom stereocenters. The Morgan fingerprint density at radius 3 is 2.49 bits per heavy atom. The molecule has 4 rings (SSSR count). The van der Waals surface area contributed by atoms with Crippen molar-refractivity contribution in [1.29, 1.82) is 0 Å². The monoisotopic (exact) mass is 479 g/mol. The molecule has 0 spiro atoms. The number of hydrogen-bond acceptors (Lipinski definition) is 4. The highest BCUT2D eigenvalue weighted by Crippen LogP contribution is 2.47. The van der Waals surface area contributed by atoms with E-state index in [4.69, 9.17) is 0 Å². The maximum atomic E-state index is 13.9. The van der Waals surface area contributed by atoms with Gasteiger partial charge in [-0.2, -0.15) is 0 Å². The van der Waals surface area contributed by atoms with Gasteiger partial charge in [-0.05, 0) is 37.7 Å². The molecule has 1 saturated heterocycles. The summed E-state index contributed by atoms with van der Waals surface area (Å²) in [7, 11) is 0. The maximum Gasteiger partial charge on any atom is 0.259 e. The van der Waals surface area contributed by atoms with Crippen LogP contribution in [0.5, 0.6) is 0 Å². The highest BCUT2D eigenvalue weighted by Gasteiger charge is 2.50. The smallest absolute Gasteiger partial charge is 0.259 e. The van der Waals surface area contributed by atoms with Crippen molar-refractivity contribution in [3.8, 4) is 0 Å². The fourth-order valence-corrected chi connectivity index (χ4v) is 5.90. The second-order valence-electron chi connectivity index (χ2n) is 10.4. The van der Waals surface area contributed by atoms with Crippen LogP contribution in [0.3, 0.4) is 0 Å². The van der Waals surface area contributed by atoms with Gasteiger partial charge < -0.3 is 19.9 Å². The first kappa shape index (κ1) is 25.2. The molecule has 2 aliphatic rings. The Balaban J connectivity index is 1.71. The Kier molecular flexibility index (Phi) is 7.45. The lowest BCUT2D eigenvalue weighted by atomic mass is 9.66. The van der Waals surface area contributed by atoms with Crippen LogP contribution in [-0.2, 0) is 12.1 Å². The lowest BCUT2D eigenvalue weighted by Crippen LogP contribution is -2.59. The number of aromatic nitrogens is 1. The van der Waals surface area contributed by atoms with Crippen molar-refractivity contribution in [2.75, 3.05) is 13.1 Å². The number of nitrogens with one attached hydrogen (secondary N) is 1. The van der Waals surface area contributed by atoms with Crippen molar-refractivity contribution >= 4 is 11.8 Å². The maximum absolute atomic E-state index is 13.9. The summed E-state index contributed by atoms with van der Waals surface area (Å²) < 4.78 is 1.78. The largest absolute Gasteiger partial charge is 0.385 e. The fourth-order valence-electron chi connectivity index (χ4n) is 5.90. The summed E-state index contributed by atoms with van der Waals surface area (Å²) in [5, 5.41) is 14.5. The summed E-state index contributed by atoms with van der Waals surface area (Å²) in [5.41, 5.74) is -0.608. The van der Waals surface area contributed by atoms with Crippen LogP contribution in [-0.4, -0.2) is 45.5 Å². The number of likely N-dealkylation sites (tertiary alicyclic amines) is 1. The van der Waals surface area contributed by atoms with E-state index in [2.05, 4.69) is 5.32 Å². The molecule has 1 aliphatic heterocycles. The standard InChI is InChI=1S/C28H37N3O4/c1-4-29-26(33)21-17-30(16-19(2)3)18-22(25(21)32)27(34)31-15-14-28(35,20-10-6-5-7-11-20)23-12-8-9-13-24(23)31/h5-7,10-11,17-19,23-24,35H,4,8-9,12-16H2,1-3H3,(H,29,33)/t23-,24+,28+/m1/s1. The van der Waals surface area contributed by atoms with Gasteiger partial charge in [0.1, 0.15) is 11.1 Å². The first-order chi connectivity index (χ1) is 16.8. The van der Waals surface area contributed by atoms with Crippen molar-refractivity contribution in [2.24, 2.45) is 11.8 Å². The molecule has 2 fully saturated rings. The normalized spacial score (nSPS) is 24.2. The predicted molar refractivity (Wildman–Crippen MR) is 135 cm³/mol. The minimum Gasteiger partial charge on any atom is -0.385 e. The predicted octanol–water partition coefficient (Wildman–Crippen LogP) is 3.55. The number of piperidine rings is 1. The quantitative estimate of drug-likeness (QED) is 0.663. The highest BCUT2D eigenvalue weighted by molar-refractivity contribution is 5.99. The van der Waals surface area contributed by atoms with E-state index in [9.17, 15) is 19.5 Å². The van der Waals surface area contributed by atoms with Crippen LogP contribution < -0.4 is 10.7 Å². The van der Waals surface area contributed by atoms with Crippen molar-refractivity contribution in [1.82, 2.24) is 14.8 Å². The number of hydrogen-bond donors (Lipinski definition) is 2. The molecule has 7 heteroatoms. The average molecular weight is 480 g/mol. The van der Waals surface area contributed by atoms with Gasteiger partial charge >= 0.3 is 0 Å². The van der Waals surface area contributed by atoms with E-state index in [-0.39, 0.29) is 34.9 Å². The molecule has 2 N–H and O–H groups in total. The van der Waals surface area contributed by atoms with Gasteiger partial charge in [0.15, 0.2) is 0 Å². The van der Waals surface area contributed by atoms with Gasteiger partial charge in [-0.1, -0.05) is 57.0 Å². The highest BCUT2D eigenvalue weighted by atomic mass is 16.3. The molecule has 1 saturated carbocycles. The molecule has 3 atom stereocenters. The van der Waals surface area contributed by atoms with Gasteiger partial charge in [0.05, 0.1) is 5.60 Å². The van der Waals surface area contributed by atoms with Crippen LogP contribution in [0.25, 0.3) is 0 Å². The Hall–Kier alpha value is -2.93. The molecule has 35 heavy (non-hydrogen) atoms. The summed E-state index contributed by atoms with van der Waals surface area (Å²) >= 11 is 0. The third-order valence-electron chi connectivity index (χ3n) is 7.48. The number of aliphatic hydroxyl groups is 1. The van der Waals surface area contributed by atoms with E-state index in [0.29, 0.717) is 26.1 Å². The Bertz CT molecular complexity index is 1130. The second-order valence-corrected chi connectivity index (χ2v) is 10.4. The zero-order valence-corrected chi connectivity index (χ0v) is 21.0. The number of rotatable bonds is 6. The number of pyridine rings is 1. The van der Waals surface area contributed by atoms with Crippen LogP contribution in [0.2, 0.25) is 0 Å². The Morgan fingerprint density at radius 1 is 1.11 bits per heavy atom. The van der Waals surface area contributed by atoms with Crippen molar-refractivity contribution in [3.05, 3.63) is 69.6 Å². The lowest BCUT2D eigenvalue weighted by molar-refractivity contribution is -0.110. The molecule has 7 nitrogen and oxygen atoms in total. The molecule has 1 aromatic heterocycles. The van der Waals surface area contributed by atoms with E-state index in [0.717, 1.165) is 31.2 Å². The number of carbonyl (C=O) groups excluding carboxylic acids is 2. The van der Waals surface area contributed by atoms with Crippen molar-refractivity contribution in [2.45, 2.75) is 71.1 Å². The van der Waals surface area contributed by atoms with Crippen molar-refractivity contribution < 1.29 is 14.7 Å². The molecule has 0 bridgehead atoms. The Labute approximate surface area is 207 Å². The molecule has 0 radical (unpaired) electrons. The van der Waals surface area contributed by atoms with E-state index < -0.39 is 16.9 Å². The summed E-state index contributed by atoms with van der Waals surface area (Å²) in [6.07, 6.45) is 7.18. The fraction of sp³-hybridized carbons (Fsp3) is 0.536. The van der Waals surface area contributed by atoms with Gasteiger partial charge in [-0.25, -0.2) is 0 Å². The first-order valence-corrected chi connectivity index (χ1v) is 12.9. The number of carbonyl (C=O) groups is 2. The number of nitrogens with zero attached hydrogens (tertiary/aromatic N) is 2. The van der Waals surface area contributed by atoms with Crippen LogP contribution in [0.4, 0.5) is 0 Å². The number of amides is 2. The zero-order chi connectivity index (χ0) is 25.2. The average Bonchev–Trinajstić information content (AvgIpc) is 2.85. The number of fused-ring (bicyclic) bond motifs is 1. The summed E-state index contributed by atoms with van der Waals surface area (Å²) in [4.78, 5) is 41.7. The van der Waals surface area contributed by atoms with E-state index >= 15 is 0 Å². The minimum atomic E-state index is -0.996. The molecule has 2 amide bonds. The van der Waals surface area contributed by atoms with Crippen LogP contribution in [0.15, 0.2) is 47.5 Å². The van der Waals surface area contributed by atoms with Gasteiger partial charge in [-0.15, -0.1) is 0 Å². The molecule has 1 aromatic carbocycles. The molecule has 2 aromatic rings. The summed E-state index contributed by atoms with van der Waals surface area (Å²) in [6, 6.07) is 9.58. The van der Waals surface area contributed by atoms with E-state index in [1.807, 2.05) is 44.2 Å². The summed E-state index contributed by atoms with van der Waals surface area (Å²) in [5.74, 6) is -0.620.